The van der Waals surface area contributed by atoms with Gasteiger partial charge in [-0.25, -0.2) is 8.42 Å². The van der Waals surface area contributed by atoms with Gasteiger partial charge in [-0.15, -0.1) is 0 Å². The summed E-state index contributed by atoms with van der Waals surface area (Å²) in [7, 11) is -2.28. The van der Waals surface area contributed by atoms with Crippen molar-refractivity contribution in [2.75, 3.05) is 24.9 Å². The Morgan fingerprint density at radius 3 is 2.67 bits per heavy atom. The second-order valence-corrected chi connectivity index (χ2v) is 8.07. The van der Waals surface area contributed by atoms with Crippen LogP contribution < -0.4 is 15.2 Å². The Bertz CT molecular complexity index is 913. The van der Waals surface area contributed by atoms with Crippen LogP contribution in [0.2, 0.25) is 0 Å². The summed E-state index contributed by atoms with van der Waals surface area (Å²) in [5.41, 5.74) is 6.49. The molecule has 1 heterocycles. The average Bonchev–Trinajstić information content (AvgIpc) is 3.16. The fourth-order valence-corrected chi connectivity index (χ4v) is 4.29. The molecule has 3 rings (SSSR count). The predicted molar refractivity (Wildman–Crippen MR) is 103 cm³/mol. The van der Waals surface area contributed by atoms with Gasteiger partial charge in [-0.05, 0) is 55.3 Å². The Kier molecular flexibility index (Phi) is 5.67. The molecule has 1 amide bonds. The monoisotopic (exact) mass is 389 g/mol. The molecule has 1 aliphatic rings. The standard InChI is InChI=1S/C19H23N3O4S/c1-26-17-9-7-15(8-10-17)21-27(24,25)18-6-2-4-14(12-18)19(23)22-11-3-5-16(22)13-20/h2,4,6-10,12,16,21H,3,5,11,13,20H2,1H3. The molecule has 0 spiro atoms. The van der Waals surface area contributed by atoms with E-state index in [0.29, 0.717) is 30.1 Å². The number of carbonyl (C=O) groups excluding carboxylic acids is 1. The molecule has 7 nitrogen and oxygen atoms in total. The van der Waals surface area contributed by atoms with E-state index in [1.165, 1.54) is 19.2 Å². The molecule has 144 valence electrons. The molecular weight excluding hydrogens is 366 g/mol. The van der Waals surface area contributed by atoms with E-state index in [0.717, 1.165) is 12.8 Å². The van der Waals surface area contributed by atoms with E-state index in [2.05, 4.69) is 4.72 Å². The summed E-state index contributed by atoms with van der Waals surface area (Å²) in [5.74, 6) is 0.440. The quantitative estimate of drug-likeness (QED) is 0.787. The highest BCUT2D eigenvalue weighted by Crippen LogP contribution is 2.23. The molecule has 1 saturated heterocycles. The maximum atomic E-state index is 12.8. The van der Waals surface area contributed by atoms with E-state index in [9.17, 15) is 13.2 Å². The summed E-state index contributed by atoms with van der Waals surface area (Å²) >= 11 is 0. The summed E-state index contributed by atoms with van der Waals surface area (Å²) in [4.78, 5) is 14.5. The number of methoxy groups -OCH3 is 1. The first-order chi connectivity index (χ1) is 12.9. The molecule has 8 heteroatoms. The lowest BCUT2D eigenvalue weighted by Gasteiger charge is -2.23. The molecule has 2 aromatic rings. The summed E-state index contributed by atoms with van der Waals surface area (Å²) in [5, 5.41) is 0. The highest BCUT2D eigenvalue weighted by molar-refractivity contribution is 7.92. The number of nitrogens with two attached hydrogens (primary N) is 1. The third-order valence-corrected chi connectivity index (χ3v) is 6.02. The van der Waals surface area contributed by atoms with E-state index >= 15 is 0 Å². The Balaban J connectivity index is 1.82. The molecule has 0 bridgehead atoms. The number of amides is 1. The van der Waals surface area contributed by atoms with Crippen LogP contribution in [-0.4, -0.2) is 45.5 Å². The molecule has 1 fully saturated rings. The minimum Gasteiger partial charge on any atom is -0.497 e. The summed E-state index contributed by atoms with van der Waals surface area (Å²) < 4.78 is 32.9. The Morgan fingerprint density at radius 1 is 1.26 bits per heavy atom. The van der Waals surface area contributed by atoms with Crippen molar-refractivity contribution in [3.63, 3.8) is 0 Å². The lowest BCUT2D eigenvalue weighted by atomic mass is 10.1. The van der Waals surface area contributed by atoms with Gasteiger partial charge in [-0.2, -0.15) is 0 Å². The maximum absolute atomic E-state index is 12.8. The van der Waals surface area contributed by atoms with Crippen molar-refractivity contribution in [3.05, 3.63) is 54.1 Å². The first-order valence-electron chi connectivity index (χ1n) is 8.72. The zero-order chi connectivity index (χ0) is 19.4. The first kappa shape index (κ1) is 19.2. The molecule has 1 aliphatic heterocycles. The number of nitrogens with one attached hydrogen (secondary N) is 1. The van der Waals surface area contributed by atoms with Gasteiger partial charge in [-0.3, -0.25) is 9.52 Å². The highest BCUT2D eigenvalue weighted by Gasteiger charge is 2.29. The van der Waals surface area contributed by atoms with E-state index in [1.807, 2.05) is 0 Å². The van der Waals surface area contributed by atoms with Crippen molar-refractivity contribution in [2.45, 2.75) is 23.8 Å². The summed E-state index contributed by atoms with van der Waals surface area (Å²) in [6.07, 6.45) is 1.78. The van der Waals surface area contributed by atoms with Gasteiger partial charge in [0, 0.05) is 30.4 Å². The normalized spacial score (nSPS) is 17.0. The van der Waals surface area contributed by atoms with E-state index in [-0.39, 0.29) is 16.8 Å². The lowest BCUT2D eigenvalue weighted by molar-refractivity contribution is 0.0741. The fourth-order valence-electron chi connectivity index (χ4n) is 3.18. The molecule has 2 aromatic carbocycles. The zero-order valence-electron chi connectivity index (χ0n) is 15.1. The molecular formula is C19H23N3O4S. The topological polar surface area (TPSA) is 102 Å². The smallest absolute Gasteiger partial charge is 0.261 e. The molecule has 0 radical (unpaired) electrons. The molecule has 0 aromatic heterocycles. The molecule has 0 saturated carbocycles. The van der Waals surface area contributed by atoms with E-state index in [1.54, 1.807) is 41.3 Å². The van der Waals surface area contributed by atoms with Gasteiger partial charge in [0.1, 0.15) is 5.75 Å². The highest BCUT2D eigenvalue weighted by atomic mass is 32.2. The molecule has 27 heavy (non-hydrogen) atoms. The number of hydrogen-bond donors (Lipinski definition) is 2. The van der Waals surface area contributed by atoms with Gasteiger partial charge >= 0.3 is 0 Å². The predicted octanol–water partition coefficient (Wildman–Crippen LogP) is 2.06. The third kappa shape index (κ3) is 4.23. The van der Waals surface area contributed by atoms with Crippen molar-refractivity contribution < 1.29 is 17.9 Å². The van der Waals surface area contributed by atoms with Crippen molar-refractivity contribution in [1.82, 2.24) is 4.90 Å². The van der Waals surface area contributed by atoms with Crippen molar-refractivity contribution in [2.24, 2.45) is 5.73 Å². The van der Waals surface area contributed by atoms with Gasteiger partial charge < -0.3 is 15.4 Å². The van der Waals surface area contributed by atoms with Gasteiger partial charge in [0.15, 0.2) is 0 Å². The SMILES string of the molecule is COc1ccc(NS(=O)(=O)c2cccc(C(=O)N3CCCC3CN)c2)cc1. The first-order valence-corrected chi connectivity index (χ1v) is 10.2. The Morgan fingerprint density at radius 2 is 2.00 bits per heavy atom. The Hall–Kier alpha value is -2.58. The van der Waals surface area contributed by atoms with Crippen LogP contribution in [0.15, 0.2) is 53.4 Å². The van der Waals surface area contributed by atoms with Crippen molar-refractivity contribution >= 4 is 21.6 Å². The second-order valence-electron chi connectivity index (χ2n) is 6.39. The molecule has 1 atom stereocenters. The number of carbonyl (C=O) groups is 1. The van der Waals surface area contributed by atoms with Crippen LogP contribution in [0.5, 0.6) is 5.75 Å². The average molecular weight is 389 g/mol. The number of anilines is 1. The third-order valence-electron chi connectivity index (χ3n) is 4.64. The van der Waals surface area contributed by atoms with Crippen LogP contribution in [0.25, 0.3) is 0 Å². The number of hydrogen-bond acceptors (Lipinski definition) is 5. The number of likely N-dealkylation sites (tertiary alicyclic amines) is 1. The van der Waals surface area contributed by atoms with Crippen molar-refractivity contribution in [3.8, 4) is 5.75 Å². The van der Waals surface area contributed by atoms with Gasteiger partial charge in [-0.1, -0.05) is 6.07 Å². The van der Waals surface area contributed by atoms with Crippen LogP contribution in [0.3, 0.4) is 0 Å². The number of sulfonamides is 1. The van der Waals surface area contributed by atoms with Crippen LogP contribution in [0, 0.1) is 0 Å². The number of rotatable bonds is 6. The minimum absolute atomic E-state index is 0.00943. The summed E-state index contributed by atoms with van der Waals surface area (Å²) in [6.45, 7) is 1.05. The van der Waals surface area contributed by atoms with Crippen molar-refractivity contribution in [1.29, 1.82) is 0 Å². The van der Waals surface area contributed by atoms with Crippen LogP contribution in [0.4, 0.5) is 5.69 Å². The maximum Gasteiger partial charge on any atom is 0.261 e. The zero-order valence-corrected chi connectivity index (χ0v) is 15.9. The van der Waals surface area contributed by atoms with Gasteiger partial charge in [0.25, 0.3) is 15.9 Å². The molecule has 3 N–H and O–H groups in total. The van der Waals surface area contributed by atoms with Crippen LogP contribution in [0.1, 0.15) is 23.2 Å². The fraction of sp³-hybridized carbons (Fsp3) is 0.316. The summed E-state index contributed by atoms with van der Waals surface area (Å²) in [6, 6.07) is 12.6. The molecule has 0 aliphatic carbocycles. The Labute approximate surface area is 159 Å². The second kappa shape index (κ2) is 7.98. The number of nitrogens with zero attached hydrogens (tertiary/aromatic N) is 1. The van der Waals surface area contributed by atoms with E-state index < -0.39 is 10.0 Å². The van der Waals surface area contributed by atoms with Gasteiger partial charge in [0.05, 0.1) is 12.0 Å². The lowest BCUT2D eigenvalue weighted by Crippen LogP contribution is -2.39. The molecule has 1 unspecified atom stereocenters. The van der Waals surface area contributed by atoms with E-state index in [4.69, 9.17) is 10.5 Å². The number of benzene rings is 2. The van der Waals surface area contributed by atoms with Crippen LogP contribution >= 0.6 is 0 Å². The van der Waals surface area contributed by atoms with Gasteiger partial charge in [0.2, 0.25) is 0 Å². The van der Waals surface area contributed by atoms with Crippen LogP contribution in [-0.2, 0) is 10.0 Å². The number of ether oxygens (including phenoxy) is 1. The largest absolute Gasteiger partial charge is 0.497 e. The minimum atomic E-state index is -3.82.